The number of carbonyl (C=O) groups is 1. The van der Waals surface area contributed by atoms with E-state index in [2.05, 4.69) is 83.1 Å². The van der Waals surface area contributed by atoms with Crippen LogP contribution in [-0.2, 0) is 11.3 Å². The van der Waals surface area contributed by atoms with Gasteiger partial charge in [0.1, 0.15) is 4.70 Å². The van der Waals surface area contributed by atoms with Gasteiger partial charge in [0.05, 0.1) is 10.7 Å². The summed E-state index contributed by atoms with van der Waals surface area (Å²) in [4.78, 5) is 14.5. The number of allylic oxidation sites excluding steroid dienone is 2. The molecule has 33 heavy (non-hydrogen) atoms. The van der Waals surface area contributed by atoms with E-state index in [9.17, 15) is 4.79 Å². The van der Waals surface area contributed by atoms with Crippen molar-refractivity contribution in [2.24, 2.45) is 0 Å². The maximum Gasteiger partial charge on any atom is 0.303 e. The number of aliphatic carboxylic acids is 1. The monoisotopic (exact) mass is 479 g/mol. The topological polar surface area (TPSA) is 44.4 Å². The van der Waals surface area contributed by atoms with E-state index in [1.165, 1.54) is 50.1 Å². The van der Waals surface area contributed by atoms with Crippen molar-refractivity contribution >= 4 is 51.0 Å². The first-order chi connectivity index (χ1) is 16.2. The summed E-state index contributed by atoms with van der Waals surface area (Å²) in [5.74, 6) is -0.722. The molecule has 0 amide bonds. The van der Waals surface area contributed by atoms with Crippen LogP contribution in [0.1, 0.15) is 50.5 Å². The molecule has 1 aliphatic rings. The summed E-state index contributed by atoms with van der Waals surface area (Å²) < 4.78 is 3.77. The number of anilines is 1. The molecular weight excluding hydrogens is 448 g/mol. The third-order valence-corrected chi connectivity index (χ3v) is 8.02. The molecule has 4 nitrogen and oxygen atoms in total. The Labute approximate surface area is 204 Å². The third-order valence-electron chi connectivity index (χ3n) is 5.76. The van der Waals surface area contributed by atoms with Gasteiger partial charge in [0.2, 0.25) is 5.52 Å². The van der Waals surface area contributed by atoms with E-state index in [0.29, 0.717) is 6.42 Å². The van der Waals surface area contributed by atoms with Gasteiger partial charge in [0.25, 0.3) is 5.01 Å². The lowest BCUT2D eigenvalue weighted by Gasteiger charge is -2.20. The Morgan fingerprint density at radius 3 is 2.73 bits per heavy atom. The molecule has 0 fully saturated rings. The number of rotatable bonds is 11. The highest BCUT2D eigenvalue weighted by atomic mass is 32.2. The van der Waals surface area contributed by atoms with E-state index in [0.717, 1.165) is 19.5 Å². The first-order valence-corrected chi connectivity index (χ1v) is 13.4. The molecule has 0 saturated heterocycles. The van der Waals surface area contributed by atoms with Crippen LogP contribution in [0.4, 0.5) is 5.69 Å². The van der Waals surface area contributed by atoms with Crippen molar-refractivity contribution < 1.29 is 14.5 Å². The van der Waals surface area contributed by atoms with Crippen molar-refractivity contribution in [3.05, 3.63) is 70.7 Å². The number of nitrogens with zero attached hydrogens (tertiary/aromatic N) is 2. The smallest absolute Gasteiger partial charge is 0.303 e. The lowest BCUT2D eigenvalue weighted by molar-refractivity contribution is -0.669. The number of aryl methyl sites for hydroxylation is 1. The molecule has 0 bridgehead atoms. The van der Waals surface area contributed by atoms with E-state index in [1.807, 2.05) is 11.3 Å². The number of unbranched alkanes of at least 4 members (excludes halogenated alkanes) is 3. The largest absolute Gasteiger partial charge is 0.481 e. The highest BCUT2D eigenvalue weighted by Gasteiger charge is 2.24. The average molecular weight is 480 g/mol. The minimum atomic E-state index is -0.722. The summed E-state index contributed by atoms with van der Waals surface area (Å²) in [5, 5.41) is 11.4. The molecule has 0 radical (unpaired) electrons. The number of fused-ring (bicyclic) bond motifs is 2. The zero-order valence-corrected chi connectivity index (χ0v) is 20.7. The van der Waals surface area contributed by atoms with Crippen LogP contribution in [0.3, 0.4) is 0 Å². The standard InChI is InChI=1S/C27H30N2O2S2/c1-2-3-9-19-28-21-12-4-6-14-23(21)32-25(28)16-11-17-26-29(20-10-8-18-27(30)31)22-13-5-7-15-24(22)33-26/h4-7,11-17H,2-3,8-10,18-20H2,1H3/p+1. The summed E-state index contributed by atoms with van der Waals surface area (Å²) in [6.45, 7) is 4.12. The quantitative estimate of drug-likeness (QED) is 0.235. The molecule has 0 spiro atoms. The number of carboxylic acid groups (broad SMARTS) is 1. The highest BCUT2D eigenvalue weighted by molar-refractivity contribution is 8.03. The normalized spacial score (nSPS) is 14.6. The van der Waals surface area contributed by atoms with Crippen LogP contribution in [0.25, 0.3) is 16.3 Å². The highest BCUT2D eigenvalue weighted by Crippen LogP contribution is 2.45. The molecule has 0 aliphatic carbocycles. The van der Waals surface area contributed by atoms with E-state index in [-0.39, 0.29) is 6.42 Å². The molecule has 2 aromatic carbocycles. The van der Waals surface area contributed by atoms with Gasteiger partial charge in [-0.1, -0.05) is 66.8 Å². The summed E-state index contributed by atoms with van der Waals surface area (Å²) in [5.41, 5.74) is 2.53. The van der Waals surface area contributed by atoms with Gasteiger partial charge in [-0.15, -0.1) is 0 Å². The SMILES string of the molecule is CCCCC[n+]1c(C=CC=C2Sc3ccccc3N2CCCCC(=O)O)sc2ccccc21. The zero-order valence-electron chi connectivity index (χ0n) is 19.1. The maximum atomic E-state index is 10.9. The summed E-state index contributed by atoms with van der Waals surface area (Å²) in [7, 11) is 0. The molecule has 3 aromatic rings. The number of benzene rings is 2. The molecule has 0 unspecified atom stereocenters. The summed E-state index contributed by atoms with van der Waals surface area (Å²) in [6, 6.07) is 17.1. The van der Waals surface area contributed by atoms with Crippen molar-refractivity contribution in [2.75, 3.05) is 11.4 Å². The molecule has 0 saturated carbocycles. The first kappa shape index (κ1) is 23.6. The molecule has 6 heteroatoms. The Bertz CT molecular complexity index is 1170. The van der Waals surface area contributed by atoms with Gasteiger partial charge in [0.15, 0.2) is 6.54 Å². The van der Waals surface area contributed by atoms with Crippen molar-refractivity contribution in [1.29, 1.82) is 0 Å². The molecule has 1 N–H and O–H groups in total. The summed E-state index contributed by atoms with van der Waals surface area (Å²) >= 11 is 3.63. The second-order valence-electron chi connectivity index (χ2n) is 8.20. The number of hydrogen-bond acceptors (Lipinski definition) is 4. The third kappa shape index (κ3) is 5.87. The Morgan fingerprint density at radius 2 is 1.88 bits per heavy atom. The molecular formula is C27H31N2O2S2+. The fourth-order valence-electron chi connectivity index (χ4n) is 4.09. The van der Waals surface area contributed by atoms with Crippen LogP contribution < -0.4 is 9.47 Å². The number of para-hydroxylation sites is 2. The van der Waals surface area contributed by atoms with Crippen molar-refractivity contribution in [3.8, 4) is 0 Å². The Kier molecular flexibility index (Phi) is 8.24. The van der Waals surface area contributed by atoms with Gasteiger partial charge in [0, 0.05) is 36.4 Å². The molecule has 1 aromatic heterocycles. The van der Waals surface area contributed by atoms with E-state index < -0.39 is 5.97 Å². The van der Waals surface area contributed by atoms with E-state index in [1.54, 1.807) is 11.8 Å². The summed E-state index contributed by atoms with van der Waals surface area (Å²) in [6.07, 6.45) is 12.0. The van der Waals surface area contributed by atoms with Gasteiger partial charge in [-0.25, -0.2) is 0 Å². The molecule has 2 heterocycles. The van der Waals surface area contributed by atoms with Gasteiger partial charge >= 0.3 is 5.97 Å². The van der Waals surface area contributed by atoms with Crippen LogP contribution in [0.15, 0.2) is 70.6 Å². The second kappa shape index (κ2) is 11.5. The van der Waals surface area contributed by atoms with Crippen molar-refractivity contribution in [3.63, 3.8) is 0 Å². The van der Waals surface area contributed by atoms with Crippen LogP contribution in [0, 0.1) is 0 Å². The first-order valence-electron chi connectivity index (χ1n) is 11.7. The van der Waals surface area contributed by atoms with Crippen LogP contribution in [0.2, 0.25) is 0 Å². The van der Waals surface area contributed by atoms with Crippen LogP contribution in [0.5, 0.6) is 0 Å². The number of aromatic nitrogens is 1. The predicted octanol–water partition coefficient (Wildman–Crippen LogP) is 7.10. The minimum Gasteiger partial charge on any atom is -0.481 e. The average Bonchev–Trinajstić information content (AvgIpc) is 3.35. The lowest BCUT2D eigenvalue weighted by Crippen LogP contribution is -2.34. The minimum absolute atomic E-state index is 0.228. The number of carboxylic acids is 1. The van der Waals surface area contributed by atoms with Crippen molar-refractivity contribution in [2.45, 2.75) is 56.9 Å². The Balaban J connectivity index is 1.54. The predicted molar refractivity (Wildman–Crippen MR) is 140 cm³/mol. The zero-order chi connectivity index (χ0) is 23.0. The van der Waals surface area contributed by atoms with Crippen LogP contribution in [-0.4, -0.2) is 17.6 Å². The Hall–Kier alpha value is -2.57. The fraction of sp³-hybridized carbons (Fsp3) is 0.333. The van der Waals surface area contributed by atoms with Gasteiger partial charge in [-0.05, 0) is 43.5 Å². The number of hydrogen-bond donors (Lipinski definition) is 1. The van der Waals surface area contributed by atoms with Crippen LogP contribution >= 0.6 is 23.1 Å². The Morgan fingerprint density at radius 1 is 1.06 bits per heavy atom. The fourth-order valence-corrected chi connectivity index (χ4v) is 6.30. The lowest BCUT2D eigenvalue weighted by atomic mass is 10.2. The van der Waals surface area contributed by atoms with Gasteiger partial charge < -0.3 is 10.0 Å². The molecule has 172 valence electrons. The molecule has 1 aliphatic heterocycles. The van der Waals surface area contributed by atoms with Gasteiger partial charge in [-0.2, -0.15) is 4.57 Å². The van der Waals surface area contributed by atoms with E-state index >= 15 is 0 Å². The number of thioether (sulfide) groups is 1. The maximum absolute atomic E-state index is 10.9. The molecule has 0 atom stereocenters. The number of thiazole rings is 1. The molecule has 4 rings (SSSR count). The van der Waals surface area contributed by atoms with Crippen molar-refractivity contribution in [1.82, 2.24) is 0 Å². The van der Waals surface area contributed by atoms with E-state index in [4.69, 9.17) is 5.11 Å². The van der Waals surface area contributed by atoms with Gasteiger partial charge in [-0.3, -0.25) is 4.79 Å². The second-order valence-corrected chi connectivity index (χ2v) is 10.3.